The molecule has 4 atom stereocenters. The van der Waals surface area contributed by atoms with Gasteiger partial charge in [-0.05, 0) is 13.0 Å². The molecule has 3 rings (SSSR count). The van der Waals surface area contributed by atoms with Crippen LogP contribution in [0.1, 0.15) is 35.8 Å². The average molecular weight is 526 g/mol. The van der Waals surface area contributed by atoms with Crippen LogP contribution in [-0.4, -0.2) is 41.5 Å². The number of nitrogens with one attached hydrogen (secondary N) is 1. The minimum absolute atomic E-state index is 0.205. The summed E-state index contributed by atoms with van der Waals surface area (Å²) < 4.78 is 105. The van der Waals surface area contributed by atoms with Crippen LogP contribution in [-0.2, 0) is 9.53 Å². The summed E-state index contributed by atoms with van der Waals surface area (Å²) in [5, 5.41) is 11.8. The van der Waals surface area contributed by atoms with Gasteiger partial charge in [-0.15, -0.1) is 0 Å². The van der Waals surface area contributed by atoms with Gasteiger partial charge >= 0.3 is 24.4 Å². The zero-order chi connectivity index (χ0) is 27.2. The summed E-state index contributed by atoms with van der Waals surface area (Å²) in [6.45, 7) is -2.05. The zero-order valence-corrected chi connectivity index (χ0v) is 18.4. The topological polar surface area (TPSA) is 115 Å². The van der Waals surface area contributed by atoms with E-state index in [1.807, 2.05) is 0 Å². The number of carbonyl (C=O) groups excluding carboxylic acids is 2. The fraction of sp³-hybridized carbons (Fsp3) is 0.381. The molecule has 0 aliphatic carbocycles. The van der Waals surface area contributed by atoms with Crippen LogP contribution in [0.15, 0.2) is 30.5 Å². The summed E-state index contributed by atoms with van der Waals surface area (Å²) in [5.74, 6) is -10.7. The van der Waals surface area contributed by atoms with Crippen molar-refractivity contribution in [2.75, 3.05) is 5.32 Å². The molecule has 2 heterocycles. The van der Waals surface area contributed by atoms with Crippen LogP contribution >= 0.6 is 0 Å². The lowest BCUT2D eigenvalue weighted by atomic mass is 9.77. The summed E-state index contributed by atoms with van der Waals surface area (Å²) in [7, 11) is 0. The third-order valence-corrected chi connectivity index (χ3v) is 6.03. The van der Waals surface area contributed by atoms with Gasteiger partial charge in [0.2, 0.25) is 12.0 Å². The first-order valence-corrected chi connectivity index (χ1v) is 10.1. The molecule has 4 N–H and O–H groups in total. The van der Waals surface area contributed by atoms with E-state index in [4.69, 9.17) is 10.5 Å². The first-order chi connectivity index (χ1) is 16.6. The second kappa shape index (κ2) is 9.44. The molecule has 0 bridgehead atoms. The van der Waals surface area contributed by atoms with Crippen molar-refractivity contribution < 1.29 is 59.7 Å². The molecule has 196 valence electrons. The second-order valence-electron chi connectivity index (χ2n) is 8.11. The third kappa shape index (κ3) is 4.74. The summed E-state index contributed by atoms with van der Waals surface area (Å²) in [5.41, 5.74) is 0.713. The van der Waals surface area contributed by atoms with Gasteiger partial charge in [-0.3, -0.25) is 14.8 Å². The minimum Gasteiger partial charge on any atom is -0.431 e. The summed E-state index contributed by atoms with van der Waals surface area (Å²) in [6.07, 6.45) is -6.25. The number of nitrogens with zero attached hydrogens (tertiary/aromatic N) is 1. The average Bonchev–Trinajstić information content (AvgIpc) is 3.04. The van der Waals surface area contributed by atoms with Gasteiger partial charge in [0.1, 0.15) is 6.10 Å². The number of pyridine rings is 1. The molecule has 0 unspecified atom stereocenters. The number of anilines is 1. The van der Waals surface area contributed by atoms with Crippen molar-refractivity contribution in [3.8, 4) is 5.75 Å². The van der Waals surface area contributed by atoms with Gasteiger partial charge in [0.25, 0.3) is 5.91 Å². The van der Waals surface area contributed by atoms with E-state index in [0.717, 1.165) is 31.3 Å². The summed E-state index contributed by atoms with van der Waals surface area (Å²) in [4.78, 5) is 24.5. The highest BCUT2D eigenvalue weighted by Crippen LogP contribution is 2.55. The Morgan fingerprint density at radius 3 is 2.44 bits per heavy atom. The molecule has 0 saturated carbocycles. The quantitative estimate of drug-likeness (QED) is 0.304. The van der Waals surface area contributed by atoms with Crippen LogP contribution in [0.3, 0.4) is 0 Å². The minimum atomic E-state index is -5.07. The summed E-state index contributed by atoms with van der Waals surface area (Å²) in [6, 6.07) is 3.18. The lowest BCUT2D eigenvalue weighted by Crippen LogP contribution is -2.47. The highest BCUT2D eigenvalue weighted by atomic mass is 19.4. The fourth-order valence-corrected chi connectivity index (χ4v) is 4.01. The predicted octanol–water partition coefficient (Wildman–Crippen LogP) is 3.27. The fourth-order valence-electron chi connectivity index (χ4n) is 4.01. The number of amides is 2. The highest BCUT2D eigenvalue weighted by Gasteiger charge is 2.66. The van der Waals surface area contributed by atoms with Gasteiger partial charge in [0.05, 0.1) is 5.69 Å². The third-order valence-electron chi connectivity index (χ3n) is 6.03. The standard InChI is InChI=1S/C21H18F7N3O5/c1-8-13(10-3-4-11(22)14(23)15(10)35-19(24)25)16(36-20(8,2)21(26,27)28)18(33)30-9-5-6-31(34)12(7-9)17(29)32/h3-8,13,16,19,34H,1-2H3,(H2,29,32)/p+1/t8-,13+,16+,20+/m1/s1. The normalized spacial score (nSPS) is 24.1. The molecule has 2 aromatic rings. The van der Waals surface area contributed by atoms with Crippen molar-refractivity contribution in [3.05, 3.63) is 53.4 Å². The van der Waals surface area contributed by atoms with Crippen LogP contribution in [0.5, 0.6) is 5.75 Å². The van der Waals surface area contributed by atoms with Gasteiger partial charge in [-0.25, -0.2) is 4.39 Å². The Hall–Kier alpha value is -3.62. The van der Waals surface area contributed by atoms with Crippen LogP contribution in [0.4, 0.5) is 36.4 Å². The maximum Gasteiger partial charge on any atom is 0.417 e. The molecule has 1 aromatic carbocycles. The number of carbonyl (C=O) groups is 2. The molecule has 1 fully saturated rings. The van der Waals surface area contributed by atoms with E-state index in [1.165, 1.54) is 0 Å². The molecule has 8 nitrogen and oxygen atoms in total. The van der Waals surface area contributed by atoms with Crippen molar-refractivity contribution in [2.45, 2.75) is 44.3 Å². The molecule has 0 spiro atoms. The van der Waals surface area contributed by atoms with Gasteiger partial charge in [-0.1, -0.05) is 13.0 Å². The lowest BCUT2D eigenvalue weighted by molar-refractivity contribution is -0.905. The van der Waals surface area contributed by atoms with E-state index in [-0.39, 0.29) is 5.69 Å². The molecule has 1 aromatic heterocycles. The Labute approximate surface area is 198 Å². The monoisotopic (exact) mass is 526 g/mol. The SMILES string of the molecule is C[C@@H]1[C@@H](c2ccc(F)c(F)c2OC(F)F)[C@@H](C(=O)Nc2cc[n+](O)c(C(N)=O)c2)O[C@]1(C)C(F)(F)F. The number of hydrogen-bond donors (Lipinski definition) is 3. The van der Waals surface area contributed by atoms with E-state index in [0.29, 0.717) is 17.7 Å². The highest BCUT2D eigenvalue weighted by molar-refractivity contribution is 5.97. The molecular formula is C21H19F7N3O5+. The molecule has 1 saturated heterocycles. The van der Waals surface area contributed by atoms with E-state index >= 15 is 0 Å². The van der Waals surface area contributed by atoms with Crippen molar-refractivity contribution >= 4 is 17.5 Å². The Balaban J connectivity index is 2.11. The van der Waals surface area contributed by atoms with E-state index in [2.05, 4.69) is 10.1 Å². The number of benzene rings is 1. The van der Waals surface area contributed by atoms with E-state index < -0.39 is 76.8 Å². The number of primary amides is 1. The Kier molecular flexibility index (Phi) is 7.08. The second-order valence-corrected chi connectivity index (χ2v) is 8.11. The van der Waals surface area contributed by atoms with Gasteiger partial charge < -0.3 is 20.5 Å². The van der Waals surface area contributed by atoms with E-state index in [1.54, 1.807) is 0 Å². The van der Waals surface area contributed by atoms with Gasteiger partial charge in [0.15, 0.2) is 17.2 Å². The zero-order valence-electron chi connectivity index (χ0n) is 18.4. The Morgan fingerprint density at radius 2 is 1.89 bits per heavy atom. The molecule has 15 heteroatoms. The number of halogens is 7. The van der Waals surface area contributed by atoms with Crippen LogP contribution in [0.25, 0.3) is 0 Å². The number of rotatable bonds is 6. The lowest BCUT2D eigenvalue weighted by Gasteiger charge is -2.32. The first kappa shape index (κ1) is 27.0. The number of alkyl halides is 5. The van der Waals surface area contributed by atoms with Crippen molar-refractivity contribution in [1.29, 1.82) is 0 Å². The molecule has 0 radical (unpaired) electrons. The van der Waals surface area contributed by atoms with E-state index in [9.17, 15) is 45.5 Å². The van der Waals surface area contributed by atoms with Gasteiger partial charge in [0, 0.05) is 34.3 Å². The number of nitrogens with two attached hydrogens (primary N) is 1. The molecule has 1 aliphatic heterocycles. The smallest absolute Gasteiger partial charge is 0.417 e. The van der Waals surface area contributed by atoms with Crippen LogP contribution in [0.2, 0.25) is 0 Å². The van der Waals surface area contributed by atoms with Crippen molar-refractivity contribution in [1.82, 2.24) is 0 Å². The summed E-state index contributed by atoms with van der Waals surface area (Å²) >= 11 is 0. The largest absolute Gasteiger partial charge is 0.431 e. The van der Waals surface area contributed by atoms with Crippen LogP contribution in [0, 0.1) is 17.6 Å². The van der Waals surface area contributed by atoms with Crippen molar-refractivity contribution in [3.63, 3.8) is 0 Å². The molecule has 1 aliphatic rings. The first-order valence-electron chi connectivity index (χ1n) is 10.1. The number of ether oxygens (including phenoxy) is 2. The number of aromatic nitrogens is 1. The maximum atomic E-state index is 14.4. The number of hydrogen-bond acceptors (Lipinski definition) is 5. The molecule has 2 amide bonds. The maximum absolute atomic E-state index is 14.4. The van der Waals surface area contributed by atoms with Crippen molar-refractivity contribution in [2.24, 2.45) is 11.7 Å². The molecular weight excluding hydrogens is 507 g/mol. The Morgan fingerprint density at radius 1 is 1.25 bits per heavy atom. The van der Waals surface area contributed by atoms with Crippen LogP contribution < -0.4 is 20.5 Å². The molecule has 36 heavy (non-hydrogen) atoms. The predicted molar refractivity (Wildman–Crippen MR) is 105 cm³/mol. The Bertz CT molecular complexity index is 1190. The van der Waals surface area contributed by atoms with Gasteiger partial charge in [-0.2, -0.15) is 26.3 Å².